The van der Waals surface area contributed by atoms with Crippen molar-refractivity contribution in [1.82, 2.24) is 9.88 Å². The SMILES string of the molecule is COc1ccccc1NC(=O)COc1ccc(C(=O)N2CCCN(c3nccs3)CC2)cc1OC. The zero-order chi connectivity index (χ0) is 24.6. The molecule has 0 radical (unpaired) electrons. The third kappa shape index (κ3) is 6.02. The highest BCUT2D eigenvalue weighted by atomic mass is 32.1. The number of carbonyl (C=O) groups is 2. The van der Waals surface area contributed by atoms with Crippen molar-refractivity contribution in [3.63, 3.8) is 0 Å². The standard InChI is InChI=1S/C25H28N4O5S/c1-32-20-7-4-3-6-19(20)27-23(30)17-34-21-9-8-18(16-22(21)33-2)24(31)28-11-5-12-29(14-13-28)25-26-10-15-35-25/h3-4,6-10,15-16H,5,11-14,17H2,1-2H3,(H,27,30). The van der Waals surface area contributed by atoms with E-state index in [0.717, 1.165) is 24.6 Å². The summed E-state index contributed by atoms with van der Waals surface area (Å²) in [5.74, 6) is 0.922. The summed E-state index contributed by atoms with van der Waals surface area (Å²) >= 11 is 1.61. The first-order valence-corrected chi connectivity index (χ1v) is 12.1. The maximum atomic E-state index is 13.2. The molecule has 1 aliphatic heterocycles. The van der Waals surface area contributed by atoms with Crippen LogP contribution in [-0.2, 0) is 4.79 Å². The molecular weight excluding hydrogens is 468 g/mol. The molecule has 0 spiro atoms. The number of para-hydroxylation sites is 2. The lowest BCUT2D eigenvalue weighted by Crippen LogP contribution is -2.35. The van der Waals surface area contributed by atoms with Gasteiger partial charge in [-0.25, -0.2) is 4.98 Å². The summed E-state index contributed by atoms with van der Waals surface area (Å²) in [5.41, 5.74) is 1.07. The van der Waals surface area contributed by atoms with Gasteiger partial charge in [-0.15, -0.1) is 11.3 Å². The zero-order valence-corrected chi connectivity index (χ0v) is 20.5. The Morgan fingerprint density at radius 3 is 2.60 bits per heavy atom. The summed E-state index contributed by atoms with van der Waals surface area (Å²) in [7, 11) is 3.04. The first-order valence-electron chi connectivity index (χ1n) is 11.3. The topological polar surface area (TPSA) is 93.2 Å². The molecule has 0 bridgehead atoms. The van der Waals surface area contributed by atoms with Gasteiger partial charge in [0.1, 0.15) is 5.75 Å². The van der Waals surface area contributed by atoms with E-state index in [1.165, 1.54) is 14.2 Å². The van der Waals surface area contributed by atoms with E-state index < -0.39 is 0 Å². The number of aromatic nitrogens is 1. The van der Waals surface area contributed by atoms with Gasteiger partial charge in [-0.1, -0.05) is 12.1 Å². The third-order valence-electron chi connectivity index (χ3n) is 5.62. The van der Waals surface area contributed by atoms with Crippen molar-refractivity contribution in [2.45, 2.75) is 6.42 Å². The van der Waals surface area contributed by atoms with Crippen LogP contribution in [0, 0.1) is 0 Å². The van der Waals surface area contributed by atoms with Gasteiger partial charge in [-0.05, 0) is 36.8 Å². The summed E-state index contributed by atoms with van der Waals surface area (Å²) in [5, 5.41) is 5.71. The minimum absolute atomic E-state index is 0.0650. The second-order valence-corrected chi connectivity index (χ2v) is 8.72. The fourth-order valence-corrected chi connectivity index (χ4v) is 4.56. The number of benzene rings is 2. The number of hydrogen-bond acceptors (Lipinski definition) is 8. The van der Waals surface area contributed by atoms with Crippen molar-refractivity contribution < 1.29 is 23.8 Å². The van der Waals surface area contributed by atoms with Crippen molar-refractivity contribution in [3.8, 4) is 17.2 Å². The molecule has 0 unspecified atom stereocenters. The minimum Gasteiger partial charge on any atom is -0.495 e. The average molecular weight is 497 g/mol. The number of carbonyl (C=O) groups excluding carboxylic acids is 2. The van der Waals surface area contributed by atoms with Gasteiger partial charge in [0.25, 0.3) is 11.8 Å². The third-order valence-corrected chi connectivity index (χ3v) is 6.46. The fourth-order valence-electron chi connectivity index (χ4n) is 3.86. The first kappa shape index (κ1) is 24.3. The molecule has 9 nitrogen and oxygen atoms in total. The summed E-state index contributed by atoms with van der Waals surface area (Å²) in [6.07, 6.45) is 2.66. The Balaban J connectivity index is 1.37. The van der Waals surface area contributed by atoms with Crippen LogP contribution < -0.4 is 24.4 Å². The molecule has 0 aliphatic carbocycles. The van der Waals surface area contributed by atoms with E-state index in [-0.39, 0.29) is 18.4 Å². The lowest BCUT2D eigenvalue weighted by atomic mass is 10.1. The van der Waals surface area contributed by atoms with E-state index in [1.54, 1.807) is 53.9 Å². The molecule has 1 saturated heterocycles. The molecular formula is C25H28N4O5S. The molecule has 0 saturated carbocycles. The molecule has 2 amide bonds. The number of methoxy groups -OCH3 is 2. The van der Waals surface area contributed by atoms with Crippen molar-refractivity contribution in [2.75, 3.05) is 57.2 Å². The molecule has 4 rings (SSSR count). The molecule has 1 N–H and O–H groups in total. The lowest BCUT2D eigenvalue weighted by Gasteiger charge is -2.22. The molecule has 2 aromatic carbocycles. The number of nitrogens with one attached hydrogen (secondary N) is 1. The molecule has 1 fully saturated rings. The van der Waals surface area contributed by atoms with Crippen molar-refractivity contribution in [3.05, 3.63) is 59.6 Å². The van der Waals surface area contributed by atoms with Gasteiger partial charge in [0.15, 0.2) is 23.2 Å². The van der Waals surface area contributed by atoms with E-state index in [1.807, 2.05) is 16.3 Å². The molecule has 1 aliphatic rings. The number of rotatable bonds is 8. The average Bonchev–Trinajstić information content (AvgIpc) is 3.32. The molecule has 184 valence electrons. The second-order valence-electron chi connectivity index (χ2n) is 7.85. The fraction of sp³-hybridized carbons (Fsp3) is 0.320. The molecule has 10 heteroatoms. The van der Waals surface area contributed by atoms with Crippen molar-refractivity contribution >= 4 is 34.0 Å². The number of ether oxygens (including phenoxy) is 3. The Labute approximate surface area is 208 Å². The maximum Gasteiger partial charge on any atom is 0.262 e. The summed E-state index contributed by atoms with van der Waals surface area (Å²) < 4.78 is 16.4. The normalized spacial score (nSPS) is 13.7. The van der Waals surface area contributed by atoms with E-state index >= 15 is 0 Å². The van der Waals surface area contributed by atoms with Crippen LogP contribution in [0.25, 0.3) is 0 Å². The van der Waals surface area contributed by atoms with Gasteiger partial charge < -0.3 is 29.3 Å². The molecule has 2 heterocycles. The molecule has 35 heavy (non-hydrogen) atoms. The lowest BCUT2D eigenvalue weighted by molar-refractivity contribution is -0.118. The van der Waals surface area contributed by atoms with Crippen LogP contribution in [0.3, 0.4) is 0 Å². The zero-order valence-electron chi connectivity index (χ0n) is 19.7. The summed E-state index contributed by atoms with van der Waals surface area (Å²) in [4.78, 5) is 34.0. The van der Waals surface area contributed by atoms with Gasteiger partial charge in [0.05, 0.1) is 19.9 Å². The first-order chi connectivity index (χ1) is 17.1. The van der Waals surface area contributed by atoms with Gasteiger partial charge in [0, 0.05) is 43.3 Å². The highest BCUT2D eigenvalue weighted by molar-refractivity contribution is 7.13. The number of hydrogen-bond donors (Lipinski definition) is 1. The van der Waals surface area contributed by atoms with E-state index in [4.69, 9.17) is 14.2 Å². The quantitative estimate of drug-likeness (QED) is 0.510. The van der Waals surface area contributed by atoms with Crippen molar-refractivity contribution in [2.24, 2.45) is 0 Å². The van der Waals surface area contributed by atoms with E-state index in [2.05, 4.69) is 15.2 Å². The van der Waals surface area contributed by atoms with Gasteiger partial charge in [0.2, 0.25) is 0 Å². The predicted octanol–water partition coefficient (Wildman–Crippen LogP) is 3.53. The van der Waals surface area contributed by atoms with Crippen LogP contribution in [0.2, 0.25) is 0 Å². The smallest absolute Gasteiger partial charge is 0.262 e. The Morgan fingerprint density at radius 1 is 1.00 bits per heavy atom. The highest BCUT2D eigenvalue weighted by Crippen LogP contribution is 2.29. The number of anilines is 2. The van der Waals surface area contributed by atoms with Gasteiger partial charge in [-0.3, -0.25) is 9.59 Å². The second kappa shape index (κ2) is 11.6. The van der Waals surface area contributed by atoms with Gasteiger partial charge >= 0.3 is 0 Å². The van der Waals surface area contributed by atoms with E-state index in [9.17, 15) is 9.59 Å². The molecule has 0 atom stereocenters. The van der Waals surface area contributed by atoms with Crippen LogP contribution in [0.1, 0.15) is 16.8 Å². The predicted molar refractivity (Wildman–Crippen MR) is 135 cm³/mol. The number of nitrogens with zero attached hydrogens (tertiary/aromatic N) is 3. The Hall–Kier alpha value is -3.79. The monoisotopic (exact) mass is 496 g/mol. The van der Waals surface area contributed by atoms with Crippen LogP contribution in [0.15, 0.2) is 54.0 Å². The van der Waals surface area contributed by atoms with E-state index in [0.29, 0.717) is 41.6 Å². The Bertz CT molecular complexity index is 1150. The van der Waals surface area contributed by atoms with Crippen LogP contribution in [0.4, 0.5) is 10.8 Å². The Kier molecular flexibility index (Phi) is 8.04. The van der Waals surface area contributed by atoms with Crippen LogP contribution >= 0.6 is 11.3 Å². The van der Waals surface area contributed by atoms with Crippen molar-refractivity contribution in [1.29, 1.82) is 0 Å². The highest BCUT2D eigenvalue weighted by Gasteiger charge is 2.22. The minimum atomic E-state index is -0.342. The summed E-state index contributed by atoms with van der Waals surface area (Å²) in [6.45, 7) is 2.66. The molecule has 1 aromatic heterocycles. The Morgan fingerprint density at radius 2 is 1.83 bits per heavy atom. The van der Waals surface area contributed by atoms with Crippen LogP contribution in [0.5, 0.6) is 17.2 Å². The molecule has 3 aromatic rings. The number of amides is 2. The largest absolute Gasteiger partial charge is 0.495 e. The van der Waals surface area contributed by atoms with Crippen LogP contribution in [-0.4, -0.2) is 68.7 Å². The van der Waals surface area contributed by atoms with Gasteiger partial charge in [-0.2, -0.15) is 0 Å². The maximum absolute atomic E-state index is 13.2. The number of thiazole rings is 1. The summed E-state index contributed by atoms with van der Waals surface area (Å²) in [6, 6.07) is 12.1.